The number of anilines is 1. The van der Waals surface area contributed by atoms with E-state index in [-0.39, 0.29) is 5.91 Å². The first-order valence-electron chi connectivity index (χ1n) is 8.33. The molecule has 2 aromatic carbocycles. The van der Waals surface area contributed by atoms with Crippen molar-refractivity contribution < 1.29 is 4.79 Å². The Kier molecular flexibility index (Phi) is 6.17. The van der Waals surface area contributed by atoms with E-state index in [0.717, 1.165) is 23.6 Å². The van der Waals surface area contributed by atoms with E-state index < -0.39 is 0 Å². The second-order valence-electron chi connectivity index (χ2n) is 5.76. The van der Waals surface area contributed by atoms with Gasteiger partial charge in [-0.2, -0.15) is 0 Å². The predicted octanol–water partition coefficient (Wildman–Crippen LogP) is 3.71. The van der Waals surface area contributed by atoms with Crippen molar-refractivity contribution in [3.05, 3.63) is 88.8 Å². The molecule has 0 saturated heterocycles. The van der Waals surface area contributed by atoms with Gasteiger partial charge >= 0.3 is 0 Å². The molecule has 0 radical (unpaired) electrons. The van der Waals surface area contributed by atoms with E-state index in [1.165, 1.54) is 11.8 Å². The van der Waals surface area contributed by atoms with Crippen LogP contribution in [0.5, 0.6) is 0 Å². The minimum Gasteiger partial charge on any atom is -0.368 e. The van der Waals surface area contributed by atoms with Crippen LogP contribution in [0.1, 0.15) is 21.6 Å². The number of hydrogen-bond acceptors (Lipinski definition) is 4. The van der Waals surface area contributed by atoms with Gasteiger partial charge in [0.2, 0.25) is 0 Å². The third kappa shape index (κ3) is 5.29. The van der Waals surface area contributed by atoms with E-state index in [0.29, 0.717) is 18.1 Å². The van der Waals surface area contributed by atoms with Crippen LogP contribution in [-0.2, 0) is 13.0 Å². The molecule has 0 saturated carbocycles. The molecule has 1 heterocycles. The van der Waals surface area contributed by atoms with Gasteiger partial charge in [0.25, 0.3) is 5.91 Å². The SMILES string of the molecule is O=C(NCc1ccccc1)c1cnc(NCCc2ccc(Cl)cc2)cn1. The molecule has 5 nitrogen and oxygen atoms in total. The molecule has 0 atom stereocenters. The molecule has 2 N–H and O–H groups in total. The summed E-state index contributed by atoms with van der Waals surface area (Å²) in [6, 6.07) is 17.5. The molecular weight excluding hydrogens is 348 g/mol. The Morgan fingerprint density at radius 3 is 2.38 bits per heavy atom. The number of halogens is 1. The van der Waals surface area contributed by atoms with Gasteiger partial charge in [-0.25, -0.2) is 9.97 Å². The Labute approximate surface area is 157 Å². The molecule has 132 valence electrons. The zero-order valence-electron chi connectivity index (χ0n) is 14.2. The lowest BCUT2D eigenvalue weighted by atomic mass is 10.1. The molecular formula is C20H19ClN4O. The fourth-order valence-corrected chi connectivity index (χ4v) is 2.52. The Morgan fingerprint density at radius 2 is 1.69 bits per heavy atom. The van der Waals surface area contributed by atoms with E-state index in [1.807, 2.05) is 54.6 Å². The number of carbonyl (C=O) groups is 1. The summed E-state index contributed by atoms with van der Waals surface area (Å²) in [5.41, 5.74) is 2.52. The summed E-state index contributed by atoms with van der Waals surface area (Å²) in [5, 5.41) is 6.75. The standard InChI is InChI=1S/C20H19ClN4O/c21-17-8-6-15(7-9-17)10-11-22-19-14-23-18(13-24-19)20(26)25-12-16-4-2-1-3-5-16/h1-9,13-14H,10-12H2,(H,22,24)(H,25,26). The van der Waals surface area contributed by atoms with Gasteiger partial charge in [-0.3, -0.25) is 4.79 Å². The van der Waals surface area contributed by atoms with Crippen LogP contribution in [0.4, 0.5) is 5.82 Å². The highest BCUT2D eigenvalue weighted by Gasteiger charge is 2.07. The largest absolute Gasteiger partial charge is 0.368 e. The van der Waals surface area contributed by atoms with Crippen molar-refractivity contribution in [2.24, 2.45) is 0 Å². The summed E-state index contributed by atoms with van der Waals surface area (Å²) < 4.78 is 0. The van der Waals surface area contributed by atoms with E-state index in [1.54, 1.807) is 6.20 Å². The van der Waals surface area contributed by atoms with Crippen LogP contribution in [-0.4, -0.2) is 22.4 Å². The van der Waals surface area contributed by atoms with Crippen LogP contribution >= 0.6 is 11.6 Å². The van der Waals surface area contributed by atoms with Crippen molar-refractivity contribution >= 4 is 23.3 Å². The highest BCUT2D eigenvalue weighted by atomic mass is 35.5. The summed E-state index contributed by atoms with van der Waals surface area (Å²) in [5.74, 6) is 0.396. The topological polar surface area (TPSA) is 66.9 Å². The summed E-state index contributed by atoms with van der Waals surface area (Å²) >= 11 is 5.87. The number of benzene rings is 2. The molecule has 1 amide bonds. The quantitative estimate of drug-likeness (QED) is 0.668. The Hall–Kier alpha value is -2.92. The molecule has 26 heavy (non-hydrogen) atoms. The summed E-state index contributed by atoms with van der Waals surface area (Å²) in [6.45, 7) is 1.18. The first-order chi connectivity index (χ1) is 12.7. The van der Waals surface area contributed by atoms with Gasteiger partial charge in [0.15, 0.2) is 0 Å². The zero-order chi connectivity index (χ0) is 18.2. The Balaban J connectivity index is 1.46. The van der Waals surface area contributed by atoms with Gasteiger partial charge in [-0.05, 0) is 29.7 Å². The average Bonchev–Trinajstić information content (AvgIpc) is 2.69. The lowest BCUT2D eigenvalue weighted by Gasteiger charge is -2.07. The summed E-state index contributed by atoms with van der Waals surface area (Å²) in [4.78, 5) is 20.5. The molecule has 0 fully saturated rings. The highest BCUT2D eigenvalue weighted by molar-refractivity contribution is 6.30. The van der Waals surface area contributed by atoms with E-state index >= 15 is 0 Å². The molecule has 0 bridgehead atoms. The Bertz CT molecular complexity index is 836. The first kappa shape index (κ1) is 17.9. The van der Waals surface area contributed by atoms with Crippen molar-refractivity contribution in [1.82, 2.24) is 15.3 Å². The minimum atomic E-state index is -0.242. The van der Waals surface area contributed by atoms with Crippen LogP contribution in [0.3, 0.4) is 0 Å². The molecule has 3 rings (SSSR count). The second-order valence-corrected chi connectivity index (χ2v) is 6.19. The number of aromatic nitrogens is 2. The molecule has 0 aliphatic carbocycles. The Morgan fingerprint density at radius 1 is 0.923 bits per heavy atom. The molecule has 0 unspecified atom stereocenters. The van der Waals surface area contributed by atoms with Crippen LogP contribution in [0.2, 0.25) is 5.02 Å². The number of nitrogens with zero attached hydrogens (tertiary/aromatic N) is 2. The summed E-state index contributed by atoms with van der Waals surface area (Å²) in [7, 11) is 0. The lowest BCUT2D eigenvalue weighted by Crippen LogP contribution is -2.24. The second kappa shape index (κ2) is 8.97. The predicted molar refractivity (Wildman–Crippen MR) is 103 cm³/mol. The summed E-state index contributed by atoms with van der Waals surface area (Å²) in [6.07, 6.45) is 3.89. The number of nitrogens with one attached hydrogen (secondary N) is 2. The van der Waals surface area contributed by atoms with Gasteiger partial charge in [0.1, 0.15) is 11.5 Å². The number of rotatable bonds is 7. The third-order valence-corrected chi connectivity index (χ3v) is 4.07. The van der Waals surface area contributed by atoms with E-state index in [2.05, 4.69) is 20.6 Å². The maximum atomic E-state index is 12.1. The van der Waals surface area contributed by atoms with Crippen LogP contribution in [0.15, 0.2) is 67.0 Å². The molecule has 6 heteroatoms. The fraction of sp³-hybridized carbons (Fsp3) is 0.150. The highest BCUT2D eigenvalue weighted by Crippen LogP contribution is 2.10. The van der Waals surface area contributed by atoms with Crippen molar-refractivity contribution in [2.75, 3.05) is 11.9 Å². The molecule has 0 spiro atoms. The molecule has 3 aromatic rings. The first-order valence-corrected chi connectivity index (χ1v) is 8.71. The van der Waals surface area contributed by atoms with Gasteiger partial charge in [0.05, 0.1) is 12.4 Å². The van der Waals surface area contributed by atoms with Gasteiger partial charge < -0.3 is 10.6 Å². The minimum absolute atomic E-state index is 0.242. The van der Waals surface area contributed by atoms with Crippen molar-refractivity contribution in [3.63, 3.8) is 0 Å². The van der Waals surface area contributed by atoms with Crippen molar-refractivity contribution in [3.8, 4) is 0 Å². The molecule has 0 aliphatic rings. The van der Waals surface area contributed by atoms with Crippen LogP contribution in [0.25, 0.3) is 0 Å². The number of carbonyl (C=O) groups excluding carboxylic acids is 1. The van der Waals surface area contributed by atoms with E-state index in [9.17, 15) is 4.79 Å². The third-order valence-electron chi connectivity index (χ3n) is 3.81. The molecule has 1 aromatic heterocycles. The maximum Gasteiger partial charge on any atom is 0.271 e. The smallest absolute Gasteiger partial charge is 0.271 e. The lowest BCUT2D eigenvalue weighted by molar-refractivity contribution is 0.0945. The normalized spacial score (nSPS) is 10.3. The number of amides is 1. The zero-order valence-corrected chi connectivity index (χ0v) is 14.9. The van der Waals surface area contributed by atoms with Gasteiger partial charge in [-0.15, -0.1) is 0 Å². The van der Waals surface area contributed by atoms with Crippen molar-refractivity contribution in [2.45, 2.75) is 13.0 Å². The van der Waals surface area contributed by atoms with Crippen LogP contribution in [0, 0.1) is 0 Å². The van der Waals surface area contributed by atoms with Gasteiger partial charge in [-0.1, -0.05) is 54.1 Å². The monoisotopic (exact) mass is 366 g/mol. The maximum absolute atomic E-state index is 12.1. The fourth-order valence-electron chi connectivity index (χ4n) is 2.39. The van der Waals surface area contributed by atoms with Gasteiger partial charge in [0, 0.05) is 18.1 Å². The number of hydrogen-bond donors (Lipinski definition) is 2. The molecule has 0 aliphatic heterocycles. The van der Waals surface area contributed by atoms with Crippen LogP contribution < -0.4 is 10.6 Å². The average molecular weight is 367 g/mol. The van der Waals surface area contributed by atoms with Crippen molar-refractivity contribution in [1.29, 1.82) is 0 Å². The van der Waals surface area contributed by atoms with E-state index in [4.69, 9.17) is 11.6 Å².